The Bertz CT molecular complexity index is 1380. The van der Waals surface area contributed by atoms with Crippen molar-refractivity contribution in [1.29, 1.82) is 0 Å². The zero-order valence-corrected chi connectivity index (χ0v) is 21.7. The Hall–Kier alpha value is -4.65. The summed E-state index contributed by atoms with van der Waals surface area (Å²) in [5, 5.41) is 6.28. The highest BCUT2D eigenvalue weighted by atomic mass is 19.1. The lowest BCUT2D eigenvalue weighted by molar-refractivity contribution is -0.141. The normalized spacial score (nSPS) is 11.3. The van der Waals surface area contributed by atoms with Gasteiger partial charge in [0.05, 0.1) is 19.4 Å². The van der Waals surface area contributed by atoms with E-state index in [0.717, 1.165) is 5.56 Å². The fourth-order valence-corrected chi connectivity index (χ4v) is 4.12. The Morgan fingerprint density at radius 3 is 2.21 bits per heavy atom. The molecule has 0 aliphatic carbocycles. The number of carbonyl (C=O) groups is 2. The first-order valence-corrected chi connectivity index (χ1v) is 12.8. The quantitative estimate of drug-likeness (QED) is 0.124. The van der Waals surface area contributed by atoms with Crippen molar-refractivity contribution in [3.8, 4) is 5.75 Å². The largest absolute Gasteiger partial charge is 0.494 e. The molecule has 6 nitrogen and oxygen atoms in total. The highest BCUT2D eigenvalue weighted by Gasteiger charge is 2.22. The number of para-hydroxylation sites is 2. The number of nitrogens with one attached hydrogen (secondary N) is 2. The average molecular weight is 527 g/mol. The fourth-order valence-electron chi connectivity index (χ4n) is 4.12. The predicted molar refractivity (Wildman–Crippen MR) is 151 cm³/mol. The molecule has 0 saturated carbocycles. The summed E-state index contributed by atoms with van der Waals surface area (Å²) in [6.45, 7) is 1.05. The van der Waals surface area contributed by atoms with Gasteiger partial charge >= 0.3 is 5.97 Å². The molecule has 2 N–H and O–H groups in total. The molecule has 0 amide bonds. The average Bonchev–Trinajstić information content (AvgIpc) is 2.98. The Morgan fingerprint density at radius 2 is 1.49 bits per heavy atom. The molecule has 200 valence electrons. The molecule has 0 aromatic heterocycles. The summed E-state index contributed by atoms with van der Waals surface area (Å²) >= 11 is 0. The van der Waals surface area contributed by atoms with Gasteiger partial charge in [0.25, 0.3) is 0 Å². The fraction of sp³-hybridized carbons (Fsp3) is 0.188. The van der Waals surface area contributed by atoms with Gasteiger partial charge in [0.2, 0.25) is 0 Å². The number of rotatable bonds is 13. The monoisotopic (exact) mass is 526 g/mol. The minimum atomic E-state index is -0.698. The van der Waals surface area contributed by atoms with Gasteiger partial charge in [0, 0.05) is 29.8 Å². The van der Waals surface area contributed by atoms with Crippen LogP contribution in [0.4, 0.5) is 15.8 Å². The lowest BCUT2D eigenvalue weighted by Gasteiger charge is -2.20. The van der Waals surface area contributed by atoms with Crippen molar-refractivity contribution < 1.29 is 23.5 Å². The van der Waals surface area contributed by atoms with Gasteiger partial charge in [0.15, 0.2) is 5.78 Å². The smallest absolute Gasteiger partial charge is 0.328 e. The molecule has 4 rings (SSSR count). The highest BCUT2D eigenvalue weighted by molar-refractivity contribution is 6.12. The summed E-state index contributed by atoms with van der Waals surface area (Å²) in [4.78, 5) is 25.7. The van der Waals surface area contributed by atoms with Crippen LogP contribution in [-0.2, 0) is 16.0 Å². The van der Waals surface area contributed by atoms with E-state index in [0.29, 0.717) is 54.2 Å². The highest BCUT2D eigenvalue weighted by Crippen LogP contribution is 2.22. The van der Waals surface area contributed by atoms with E-state index in [2.05, 4.69) is 10.6 Å². The van der Waals surface area contributed by atoms with Crippen LogP contribution in [0.3, 0.4) is 0 Å². The van der Waals surface area contributed by atoms with Crippen molar-refractivity contribution in [3.05, 3.63) is 126 Å². The lowest BCUT2D eigenvalue weighted by Crippen LogP contribution is -2.33. The second-order valence-corrected chi connectivity index (χ2v) is 8.92. The second-order valence-electron chi connectivity index (χ2n) is 8.92. The molecule has 0 bridgehead atoms. The molecule has 0 radical (unpaired) electrons. The number of methoxy groups -OCH3 is 1. The van der Waals surface area contributed by atoms with E-state index in [9.17, 15) is 14.0 Å². The van der Waals surface area contributed by atoms with E-state index in [-0.39, 0.29) is 11.6 Å². The molecule has 0 unspecified atom stereocenters. The maximum Gasteiger partial charge on any atom is 0.328 e. The van der Waals surface area contributed by atoms with Crippen LogP contribution in [0, 0.1) is 5.82 Å². The van der Waals surface area contributed by atoms with Gasteiger partial charge < -0.3 is 20.1 Å². The Balaban J connectivity index is 1.34. The molecule has 0 heterocycles. The van der Waals surface area contributed by atoms with Crippen LogP contribution in [0.5, 0.6) is 5.75 Å². The van der Waals surface area contributed by atoms with E-state index in [1.165, 1.54) is 13.2 Å². The van der Waals surface area contributed by atoms with E-state index in [4.69, 9.17) is 9.47 Å². The summed E-state index contributed by atoms with van der Waals surface area (Å²) in [5.41, 5.74) is 2.98. The zero-order valence-electron chi connectivity index (χ0n) is 21.7. The van der Waals surface area contributed by atoms with Crippen molar-refractivity contribution in [2.24, 2.45) is 0 Å². The molecule has 0 spiro atoms. The molecule has 0 aliphatic rings. The number of benzene rings is 4. The van der Waals surface area contributed by atoms with Crippen LogP contribution in [0.15, 0.2) is 103 Å². The van der Waals surface area contributed by atoms with Crippen molar-refractivity contribution >= 4 is 23.1 Å². The van der Waals surface area contributed by atoms with Crippen molar-refractivity contribution in [2.45, 2.75) is 18.9 Å². The Labute approximate surface area is 227 Å². The number of carbonyl (C=O) groups excluding carboxylic acids is 2. The van der Waals surface area contributed by atoms with Gasteiger partial charge in [-0.25, -0.2) is 9.18 Å². The number of ketones is 1. The number of esters is 1. The van der Waals surface area contributed by atoms with Crippen molar-refractivity contribution in [2.75, 3.05) is 30.9 Å². The van der Waals surface area contributed by atoms with Crippen molar-refractivity contribution in [1.82, 2.24) is 0 Å². The van der Waals surface area contributed by atoms with Gasteiger partial charge in [-0.3, -0.25) is 4.79 Å². The zero-order chi connectivity index (χ0) is 27.5. The minimum absolute atomic E-state index is 0.132. The summed E-state index contributed by atoms with van der Waals surface area (Å²) < 4.78 is 24.5. The van der Waals surface area contributed by atoms with E-state index < -0.39 is 12.0 Å². The summed E-state index contributed by atoms with van der Waals surface area (Å²) in [6.07, 6.45) is 1.05. The van der Waals surface area contributed by atoms with Crippen LogP contribution >= 0.6 is 0 Å². The van der Waals surface area contributed by atoms with Crippen LogP contribution < -0.4 is 15.4 Å². The standard InChI is InChI=1S/C32H31FN2O4/c1-38-32(37)30(35-28-14-7-5-12-26(28)31(36)24-10-3-2-4-11-24)22-23-16-18-25(19-17-23)39-21-9-20-34-29-15-8-6-13-27(29)33/h2-8,10-19,30,34-35H,9,20-22H2,1H3/t30-/m0/s1. The Kier molecular flexibility index (Phi) is 9.67. The number of hydrogen-bond donors (Lipinski definition) is 2. The maximum atomic E-state index is 13.7. The second kappa shape index (κ2) is 13.8. The molecule has 4 aromatic rings. The number of anilines is 2. The molecule has 4 aromatic carbocycles. The summed E-state index contributed by atoms with van der Waals surface area (Å²) in [5.74, 6) is -0.140. The lowest BCUT2D eigenvalue weighted by atomic mass is 10.00. The summed E-state index contributed by atoms with van der Waals surface area (Å²) in [6, 6.07) is 29.5. The third-order valence-electron chi connectivity index (χ3n) is 6.17. The molecule has 39 heavy (non-hydrogen) atoms. The SMILES string of the molecule is COC(=O)[C@H](Cc1ccc(OCCCNc2ccccc2F)cc1)Nc1ccccc1C(=O)c1ccccc1. The van der Waals surface area contributed by atoms with E-state index >= 15 is 0 Å². The van der Waals surface area contributed by atoms with Crippen LogP contribution in [-0.4, -0.2) is 38.1 Å². The molecule has 0 fully saturated rings. The first-order chi connectivity index (χ1) is 19.0. The molecule has 0 aliphatic heterocycles. The topological polar surface area (TPSA) is 76.7 Å². The van der Waals surface area contributed by atoms with E-state index in [1.54, 1.807) is 48.5 Å². The van der Waals surface area contributed by atoms with Gasteiger partial charge in [-0.2, -0.15) is 0 Å². The van der Waals surface area contributed by atoms with Crippen LogP contribution in [0.2, 0.25) is 0 Å². The van der Waals surface area contributed by atoms with Crippen LogP contribution in [0.1, 0.15) is 27.9 Å². The third-order valence-corrected chi connectivity index (χ3v) is 6.17. The minimum Gasteiger partial charge on any atom is -0.494 e. The van der Waals surface area contributed by atoms with Gasteiger partial charge in [-0.1, -0.05) is 66.7 Å². The predicted octanol–water partition coefficient (Wildman–Crippen LogP) is 6.13. The van der Waals surface area contributed by atoms with Gasteiger partial charge in [-0.05, 0) is 48.4 Å². The Morgan fingerprint density at radius 1 is 0.821 bits per heavy atom. The number of hydrogen-bond acceptors (Lipinski definition) is 6. The van der Waals surface area contributed by atoms with Crippen LogP contribution in [0.25, 0.3) is 0 Å². The summed E-state index contributed by atoms with van der Waals surface area (Å²) in [7, 11) is 1.34. The number of ether oxygens (including phenoxy) is 2. The molecule has 7 heteroatoms. The molecule has 0 saturated heterocycles. The first kappa shape index (κ1) is 27.4. The van der Waals surface area contributed by atoms with Gasteiger partial charge in [-0.15, -0.1) is 0 Å². The first-order valence-electron chi connectivity index (χ1n) is 12.8. The van der Waals surface area contributed by atoms with E-state index in [1.807, 2.05) is 48.5 Å². The van der Waals surface area contributed by atoms with Gasteiger partial charge in [0.1, 0.15) is 17.6 Å². The molecular weight excluding hydrogens is 495 g/mol. The van der Waals surface area contributed by atoms with Crippen molar-refractivity contribution in [3.63, 3.8) is 0 Å². The maximum absolute atomic E-state index is 13.7. The number of halogens is 1. The third kappa shape index (κ3) is 7.68. The molecular formula is C32H31FN2O4. The molecule has 1 atom stereocenters.